The van der Waals surface area contributed by atoms with Gasteiger partial charge in [-0.25, -0.2) is 0 Å². The Kier molecular flexibility index (Phi) is 2.71. The van der Waals surface area contributed by atoms with E-state index in [-0.39, 0.29) is 10.8 Å². The fourth-order valence-electron chi connectivity index (χ4n) is 1.13. The van der Waals surface area contributed by atoms with Crippen LogP contribution in [0.25, 0.3) is 0 Å². The average molecular weight is 215 g/mol. The van der Waals surface area contributed by atoms with E-state index in [9.17, 15) is 9.90 Å². The van der Waals surface area contributed by atoms with Crippen LogP contribution in [0.5, 0.6) is 5.75 Å². The summed E-state index contributed by atoms with van der Waals surface area (Å²) in [5.74, 6) is -1.17. The molecule has 0 aliphatic carbocycles. The number of phenolic OH excluding ortho intramolecular Hbond substituents is 1. The number of carbonyl (C=O) groups is 1. The number of hydrogen-bond acceptors (Lipinski definition) is 2. The fourth-order valence-corrected chi connectivity index (χ4v) is 1.31. The number of carboxylic acids is 1. The molecule has 2 N–H and O–H groups in total. The van der Waals surface area contributed by atoms with Crippen LogP contribution in [0.2, 0.25) is 5.02 Å². The number of carboxylic acid groups (broad SMARTS) is 1. The second kappa shape index (κ2) is 3.50. The van der Waals surface area contributed by atoms with Gasteiger partial charge in [-0.15, -0.1) is 0 Å². The summed E-state index contributed by atoms with van der Waals surface area (Å²) in [6, 6.07) is 4.68. The summed E-state index contributed by atoms with van der Waals surface area (Å²) < 4.78 is 0. The molecule has 14 heavy (non-hydrogen) atoms. The van der Waals surface area contributed by atoms with Gasteiger partial charge in [0.25, 0.3) is 0 Å². The monoisotopic (exact) mass is 214 g/mol. The molecule has 1 rings (SSSR count). The molecule has 4 heteroatoms. The van der Waals surface area contributed by atoms with Gasteiger partial charge in [-0.1, -0.05) is 23.7 Å². The molecular weight excluding hydrogens is 204 g/mol. The molecule has 0 unspecified atom stereocenters. The van der Waals surface area contributed by atoms with Crippen LogP contribution in [-0.2, 0) is 10.2 Å². The standard InChI is InChI=1S/C10H11ClO3/c1-10(2,9(13)14)6-4-3-5-7(11)8(6)12/h3-5,12H,1-2H3,(H,13,14). The van der Waals surface area contributed by atoms with Crippen LogP contribution >= 0.6 is 11.6 Å². The smallest absolute Gasteiger partial charge is 0.313 e. The molecule has 3 nitrogen and oxygen atoms in total. The summed E-state index contributed by atoms with van der Waals surface area (Å²) in [6.07, 6.45) is 0. The normalized spacial score (nSPS) is 11.4. The SMILES string of the molecule is CC(C)(C(=O)O)c1cccc(Cl)c1O. The van der Waals surface area contributed by atoms with Crippen molar-refractivity contribution in [3.63, 3.8) is 0 Å². The van der Waals surface area contributed by atoms with E-state index >= 15 is 0 Å². The van der Waals surface area contributed by atoms with E-state index in [0.29, 0.717) is 5.56 Å². The molecule has 0 atom stereocenters. The molecule has 0 spiro atoms. The molecule has 76 valence electrons. The van der Waals surface area contributed by atoms with E-state index < -0.39 is 11.4 Å². The Labute approximate surface area is 86.9 Å². The zero-order chi connectivity index (χ0) is 10.9. The van der Waals surface area contributed by atoms with Gasteiger partial charge < -0.3 is 10.2 Å². The third-order valence-electron chi connectivity index (χ3n) is 2.19. The maximum Gasteiger partial charge on any atom is 0.313 e. The second-order valence-electron chi connectivity index (χ2n) is 3.57. The number of hydrogen-bond donors (Lipinski definition) is 2. The predicted octanol–water partition coefficient (Wildman–Crippen LogP) is 2.41. The van der Waals surface area contributed by atoms with Gasteiger partial charge in [0.2, 0.25) is 0 Å². The molecule has 0 heterocycles. The van der Waals surface area contributed by atoms with Crippen LogP contribution in [-0.4, -0.2) is 16.2 Å². The summed E-state index contributed by atoms with van der Waals surface area (Å²) in [5, 5.41) is 18.7. The maximum absolute atomic E-state index is 10.9. The van der Waals surface area contributed by atoms with Crippen molar-refractivity contribution in [3.05, 3.63) is 28.8 Å². The van der Waals surface area contributed by atoms with Crippen molar-refractivity contribution >= 4 is 17.6 Å². The van der Waals surface area contributed by atoms with Gasteiger partial charge in [-0.2, -0.15) is 0 Å². The lowest BCUT2D eigenvalue weighted by Gasteiger charge is -2.21. The Bertz CT molecular complexity index is 372. The highest BCUT2D eigenvalue weighted by Crippen LogP contribution is 2.35. The van der Waals surface area contributed by atoms with Gasteiger partial charge >= 0.3 is 5.97 Å². The topological polar surface area (TPSA) is 57.5 Å². The number of halogens is 1. The minimum Gasteiger partial charge on any atom is -0.506 e. The quantitative estimate of drug-likeness (QED) is 0.795. The minimum atomic E-state index is -1.14. The number of benzene rings is 1. The van der Waals surface area contributed by atoms with Crippen LogP contribution in [0.3, 0.4) is 0 Å². The number of aliphatic carboxylic acids is 1. The minimum absolute atomic E-state index is 0.164. The number of aromatic hydroxyl groups is 1. The average Bonchev–Trinajstić information content (AvgIpc) is 2.09. The zero-order valence-corrected chi connectivity index (χ0v) is 8.67. The summed E-state index contributed by atoms with van der Waals surface area (Å²) >= 11 is 5.68. The molecule has 0 amide bonds. The Hall–Kier alpha value is -1.22. The van der Waals surface area contributed by atoms with Crippen molar-refractivity contribution < 1.29 is 15.0 Å². The zero-order valence-electron chi connectivity index (χ0n) is 7.91. The van der Waals surface area contributed by atoms with Gasteiger partial charge in [0, 0.05) is 5.56 Å². The summed E-state index contributed by atoms with van der Waals surface area (Å²) in [7, 11) is 0. The highest BCUT2D eigenvalue weighted by atomic mass is 35.5. The number of rotatable bonds is 2. The lowest BCUT2D eigenvalue weighted by atomic mass is 9.84. The maximum atomic E-state index is 10.9. The molecule has 0 aromatic heterocycles. The van der Waals surface area contributed by atoms with Gasteiger partial charge in [0.1, 0.15) is 5.75 Å². The largest absolute Gasteiger partial charge is 0.506 e. The van der Waals surface area contributed by atoms with Gasteiger partial charge in [-0.3, -0.25) is 4.79 Å². The molecule has 0 saturated heterocycles. The van der Waals surface area contributed by atoms with Gasteiger partial charge in [0.15, 0.2) is 0 Å². The summed E-state index contributed by atoms with van der Waals surface area (Å²) in [4.78, 5) is 10.9. The van der Waals surface area contributed by atoms with Gasteiger partial charge in [0.05, 0.1) is 10.4 Å². The predicted molar refractivity (Wildman–Crippen MR) is 53.8 cm³/mol. The molecule has 0 saturated carbocycles. The first kappa shape index (κ1) is 10.9. The highest BCUT2D eigenvalue weighted by molar-refractivity contribution is 6.32. The van der Waals surface area contributed by atoms with Crippen molar-refractivity contribution in [1.82, 2.24) is 0 Å². The number of phenols is 1. The van der Waals surface area contributed by atoms with Crippen LogP contribution in [0.15, 0.2) is 18.2 Å². The third kappa shape index (κ3) is 1.68. The van der Waals surface area contributed by atoms with Crippen molar-refractivity contribution in [1.29, 1.82) is 0 Å². The summed E-state index contributed by atoms with van der Waals surface area (Å²) in [5.41, 5.74) is -0.827. The second-order valence-corrected chi connectivity index (χ2v) is 3.97. The van der Waals surface area contributed by atoms with E-state index in [0.717, 1.165) is 0 Å². The van der Waals surface area contributed by atoms with Crippen molar-refractivity contribution in [3.8, 4) is 5.75 Å². The molecule has 0 radical (unpaired) electrons. The molecule has 1 aromatic rings. The first-order valence-corrected chi connectivity index (χ1v) is 4.46. The Morgan fingerprint density at radius 3 is 2.50 bits per heavy atom. The van der Waals surface area contributed by atoms with E-state index in [4.69, 9.17) is 16.7 Å². The van der Waals surface area contributed by atoms with Gasteiger partial charge in [-0.05, 0) is 19.9 Å². The van der Waals surface area contributed by atoms with Crippen LogP contribution in [0, 0.1) is 0 Å². The molecule has 0 aliphatic heterocycles. The van der Waals surface area contributed by atoms with E-state index in [2.05, 4.69) is 0 Å². The van der Waals surface area contributed by atoms with Crippen molar-refractivity contribution in [2.75, 3.05) is 0 Å². The van der Waals surface area contributed by atoms with Crippen molar-refractivity contribution in [2.45, 2.75) is 19.3 Å². The Morgan fingerprint density at radius 2 is 2.00 bits per heavy atom. The Morgan fingerprint density at radius 1 is 1.43 bits per heavy atom. The molecule has 0 fully saturated rings. The third-order valence-corrected chi connectivity index (χ3v) is 2.50. The van der Waals surface area contributed by atoms with Crippen molar-refractivity contribution in [2.24, 2.45) is 0 Å². The summed E-state index contributed by atoms with van der Waals surface area (Å²) in [6.45, 7) is 3.03. The van der Waals surface area contributed by atoms with E-state index in [1.54, 1.807) is 12.1 Å². The fraction of sp³-hybridized carbons (Fsp3) is 0.300. The Balaban J connectivity index is 3.33. The van der Waals surface area contributed by atoms with Crippen LogP contribution < -0.4 is 0 Å². The first-order valence-electron chi connectivity index (χ1n) is 4.08. The first-order chi connectivity index (χ1) is 6.37. The van der Waals surface area contributed by atoms with Crippen LogP contribution in [0.4, 0.5) is 0 Å². The molecule has 1 aromatic carbocycles. The lowest BCUT2D eigenvalue weighted by Crippen LogP contribution is -2.28. The molecule has 0 bridgehead atoms. The molecule has 0 aliphatic rings. The van der Waals surface area contributed by atoms with Crippen LogP contribution in [0.1, 0.15) is 19.4 Å². The lowest BCUT2D eigenvalue weighted by molar-refractivity contribution is -0.142. The highest BCUT2D eigenvalue weighted by Gasteiger charge is 2.32. The molecular formula is C10H11ClO3. The number of para-hydroxylation sites is 1. The van der Waals surface area contributed by atoms with E-state index in [1.807, 2.05) is 0 Å². The van der Waals surface area contributed by atoms with E-state index in [1.165, 1.54) is 19.9 Å².